The number of likely N-dealkylation sites (tertiary alicyclic amines) is 3. The number of nitrogens with zero attached hydrogens (tertiary/aromatic N) is 17. The van der Waals surface area contributed by atoms with Crippen molar-refractivity contribution in [3.8, 4) is 6.07 Å². The van der Waals surface area contributed by atoms with Gasteiger partial charge in [-0.2, -0.15) is 44.8 Å². The molecule has 6 fully saturated rings. The highest BCUT2D eigenvalue weighted by atomic mass is 19.4. The van der Waals surface area contributed by atoms with Crippen LogP contribution in [0.3, 0.4) is 0 Å². The Balaban J connectivity index is 0.000000143. The maximum absolute atomic E-state index is 15.3. The van der Waals surface area contributed by atoms with Crippen molar-refractivity contribution in [1.82, 2.24) is 63.3 Å². The van der Waals surface area contributed by atoms with Gasteiger partial charge in [-0.05, 0) is 208 Å². The highest BCUT2D eigenvalue weighted by Crippen LogP contribution is 2.42. The molecule has 3 aromatic carbocycles. The Morgan fingerprint density at radius 2 is 0.750 bits per heavy atom. The zero-order chi connectivity index (χ0) is 76.2. The van der Waals surface area contributed by atoms with Gasteiger partial charge in [0.15, 0.2) is 22.8 Å². The van der Waals surface area contributed by atoms with Crippen LogP contribution in [0.5, 0.6) is 0 Å². The van der Waals surface area contributed by atoms with E-state index in [1.165, 1.54) is 55.2 Å². The molecule has 108 heavy (non-hydrogen) atoms. The number of ketones is 3. The molecular weight excluding hydrogens is 1410 g/mol. The first kappa shape index (κ1) is 76.7. The first-order chi connectivity index (χ1) is 51.7. The van der Waals surface area contributed by atoms with Crippen LogP contribution in [-0.4, -0.2) is 158 Å². The molecule has 572 valence electrons. The van der Waals surface area contributed by atoms with Crippen molar-refractivity contribution < 1.29 is 58.3 Å². The lowest BCUT2D eigenvalue weighted by molar-refractivity contribution is -0.138. The lowest BCUT2D eigenvalue weighted by atomic mass is 9.96. The average molecular weight is 1500 g/mol. The molecule has 9 heterocycles. The molecule has 9 aromatic rings. The monoisotopic (exact) mass is 1500 g/mol. The van der Waals surface area contributed by atoms with Crippen LogP contribution in [-0.2, 0) is 72.2 Å². The van der Waals surface area contributed by atoms with E-state index in [1.807, 2.05) is 26.6 Å². The third-order valence-electron chi connectivity index (χ3n) is 21.2. The minimum atomic E-state index is -4.39. The predicted molar refractivity (Wildman–Crippen MR) is 387 cm³/mol. The van der Waals surface area contributed by atoms with Gasteiger partial charge < -0.3 is 28.4 Å². The van der Waals surface area contributed by atoms with Crippen LogP contribution in [0.25, 0.3) is 33.2 Å². The number of hydrogen-bond donors (Lipinski definition) is 0. The molecule has 0 bridgehead atoms. The Morgan fingerprint density at radius 3 is 1.10 bits per heavy atom. The highest BCUT2D eigenvalue weighted by Gasteiger charge is 2.39. The standard InChI is InChI=1S/C27H29F3N6O.C26H29F4N5O.C25H29F3N6O/c1-18(37)13-34-10-8-20(9-11-34)14-35-16-21(12-31)24-25(35)32-17-33-26(24)36(23-6-7-23)15-19-2-4-22(5-3-19)27(28,29)30;1-17(36)12-33-10-8-19(9-11-33)13-34-15-22(27)23-24(34)31-16-32-25(23)35(21-6-7-21)14-18-2-4-20(5-3-18)26(28,29)30;1-17(35)12-32-10-8-19(9-11-32)13-33-16-31-22-23(33)29-15-30-24(22)34(21-6-7-21)14-18-2-4-20(5-3-18)25(26,27)28/h2-5,16-17,20,23H,6-11,13-15H2,1H3;2-5,15-16,19,21H,6-14H2,1H3;2-5,15-16,19,21H,6-14H2,1H3. The van der Waals surface area contributed by atoms with Crippen molar-refractivity contribution in [2.45, 2.75) is 174 Å². The van der Waals surface area contributed by atoms with Crippen LogP contribution in [0.1, 0.15) is 137 Å². The number of nitriles is 1. The van der Waals surface area contributed by atoms with Gasteiger partial charge in [-0.15, -0.1) is 0 Å². The lowest BCUT2D eigenvalue weighted by Gasteiger charge is -2.31. The van der Waals surface area contributed by atoms with Crippen molar-refractivity contribution in [2.24, 2.45) is 17.8 Å². The molecule has 0 N–H and O–H groups in total. The van der Waals surface area contributed by atoms with Gasteiger partial charge >= 0.3 is 18.5 Å². The quantitative estimate of drug-likeness (QED) is 0.0517. The zero-order valence-corrected chi connectivity index (χ0v) is 60.6. The van der Waals surface area contributed by atoms with Crippen molar-refractivity contribution in [3.63, 3.8) is 0 Å². The molecule has 3 aliphatic heterocycles. The second-order valence-electron chi connectivity index (χ2n) is 29.9. The summed E-state index contributed by atoms with van der Waals surface area (Å²) < 4.78 is 138. The molecule has 30 heteroatoms. The predicted octanol–water partition coefficient (Wildman–Crippen LogP) is 14.2. The summed E-state index contributed by atoms with van der Waals surface area (Å²) in [5.74, 6) is 3.25. The molecular formula is C78H87F10N17O3. The molecule has 3 saturated carbocycles. The summed E-state index contributed by atoms with van der Waals surface area (Å²) in [6.45, 7) is 15.0. The first-order valence-electron chi connectivity index (χ1n) is 37.0. The Bertz CT molecular complexity index is 4650. The maximum atomic E-state index is 15.3. The summed E-state index contributed by atoms with van der Waals surface area (Å²) in [5.41, 5.74) is 3.48. The van der Waals surface area contributed by atoms with Gasteiger partial charge in [0.25, 0.3) is 0 Å². The van der Waals surface area contributed by atoms with Gasteiger partial charge in [-0.3, -0.25) is 29.1 Å². The largest absolute Gasteiger partial charge is 0.416 e. The summed E-state index contributed by atoms with van der Waals surface area (Å²) in [6.07, 6.45) is 8.17. The van der Waals surface area contributed by atoms with Crippen LogP contribution < -0.4 is 14.7 Å². The average Bonchev–Trinajstić information content (AvgIpc) is 1.63. The Morgan fingerprint density at radius 1 is 0.426 bits per heavy atom. The molecule has 6 aromatic heterocycles. The van der Waals surface area contributed by atoms with Gasteiger partial charge in [-0.25, -0.2) is 39.3 Å². The van der Waals surface area contributed by atoms with E-state index in [1.54, 1.807) is 27.1 Å². The number of piperidine rings is 3. The van der Waals surface area contributed by atoms with E-state index in [4.69, 9.17) is 0 Å². The van der Waals surface area contributed by atoms with E-state index in [0.717, 1.165) is 194 Å². The van der Waals surface area contributed by atoms with E-state index in [9.17, 15) is 59.2 Å². The SMILES string of the molecule is CC(=O)CN1CCC(Cn2cc(C#N)c3c(N(Cc4ccc(C(F)(F)F)cc4)C4CC4)ncnc32)CC1.CC(=O)CN1CCC(Cn2cc(F)c3c(N(Cc4ccc(C(F)(F)F)cc4)C4CC4)ncnc32)CC1.CC(=O)CN1CCC(Cn2cnc3c(N(Cc4ccc(C(F)(F)F)cc4)C4CC4)ncnc32)CC1. The van der Waals surface area contributed by atoms with Gasteiger partial charge in [0.2, 0.25) is 0 Å². The maximum Gasteiger partial charge on any atom is 0.416 e. The zero-order valence-electron chi connectivity index (χ0n) is 60.6. The van der Waals surface area contributed by atoms with Crippen LogP contribution >= 0.6 is 0 Å². The van der Waals surface area contributed by atoms with E-state index >= 15 is 4.39 Å². The lowest BCUT2D eigenvalue weighted by Crippen LogP contribution is -2.37. The summed E-state index contributed by atoms with van der Waals surface area (Å²) in [6, 6.07) is 18.6. The number of Topliss-reactive ketones (excluding diaryl/α,β-unsaturated/α-hetero) is 3. The van der Waals surface area contributed by atoms with E-state index in [2.05, 4.69) is 70.0 Å². The fourth-order valence-corrected chi connectivity index (χ4v) is 15.2. The number of hydrogen-bond acceptors (Lipinski definition) is 17. The number of halogens is 10. The number of benzene rings is 3. The summed E-state index contributed by atoms with van der Waals surface area (Å²) in [7, 11) is 0. The number of anilines is 3. The van der Waals surface area contributed by atoms with Gasteiger partial charge in [-0.1, -0.05) is 36.4 Å². The van der Waals surface area contributed by atoms with Crippen LogP contribution in [0, 0.1) is 34.9 Å². The molecule has 20 nitrogen and oxygen atoms in total. The third-order valence-corrected chi connectivity index (χ3v) is 21.2. The van der Waals surface area contributed by atoms with Crippen LogP contribution in [0.4, 0.5) is 61.4 Å². The Kier molecular flexibility index (Phi) is 23.3. The summed E-state index contributed by atoms with van der Waals surface area (Å²) >= 11 is 0. The fraction of sp³-hybridized carbons (Fsp3) is 0.500. The smallest absolute Gasteiger partial charge is 0.349 e. The normalized spacial score (nSPS) is 17.5. The van der Waals surface area contributed by atoms with Crippen molar-refractivity contribution >= 4 is 68.0 Å². The molecule has 0 spiro atoms. The van der Waals surface area contributed by atoms with Crippen LogP contribution in [0.2, 0.25) is 0 Å². The van der Waals surface area contributed by atoms with Crippen molar-refractivity contribution in [1.29, 1.82) is 5.26 Å². The summed E-state index contributed by atoms with van der Waals surface area (Å²) in [5, 5.41) is 11.0. The van der Waals surface area contributed by atoms with Crippen molar-refractivity contribution in [2.75, 3.05) is 73.6 Å². The van der Waals surface area contributed by atoms with E-state index < -0.39 is 41.0 Å². The van der Waals surface area contributed by atoms with E-state index in [-0.39, 0.29) is 29.4 Å². The van der Waals surface area contributed by atoms with Gasteiger partial charge in [0.05, 0.1) is 59.0 Å². The van der Waals surface area contributed by atoms with Crippen molar-refractivity contribution in [3.05, 3.63) is 155 Å². The molecule has 3 saturated heterocycles. The molecule has 0 atom stereocenters. The minimum absolute atomic E-state index is 0.160. The van der Waals surface area contributed by atoms with E-state index in [0.29, 0.717) is 114 Å². The number of carbonyl (C=O) groups excluding carboxylic acids is 3. The van der Waals surface area contributed by atoms with Crippen LogP contribution in [0.15, 0.2) is 110 Å². The minimum Gasteiger partial charge on any atom is -0.349 e. The van der Waals surface area contributed by atoms with Gasteiger partial charge in [0.1, 0.15) is 65.3 Å². The molecule has 0 unspecified atom stereocenters. The number of rotatable bonds is 24. The van der Waals surface area contributed by atoms with Gasteiger partial charge in [0, 0.05) is 69.8 Å². The highest BCUT2D eigenvalue weighted by molar-refractivity contribution is 5.94. The molecule has 3 aliphatic carbocycles. The molecule has 0 radical (unpaired) electrons. The molecule has 15 rings (SSSR count). The second kappa shape index (κ2) is 32.8. The Hall–Kier alpha value is -9.47. The summed E-state index contributed by atoms with van der Waals surface area (Å²) in [4.78, 5) is 78.6. The number of aromatic nitrogens is 10. The number of carbonyl (C=O) groups is 3. The molecule has 6 aliphatic rings. The fourth-order valence-electron chi connectivity index (χ4n) is 15.2. The third kappa shape index (κ3) is 19.1. The molecule has 0 amide bonds. The number of alkyl halides is 9. The Labute approximate surface area is 618 Å². The first-order valence-corrected chi connectivity index (χ1v) is 37.0. The number of imidazole rings is 1. The second-order valence-corrected chi connectivity index (χ2v) is 29.9. The number of fused-ring (bicyclic) bond motifs is 3. The topological polar surface area (TPSA) is 199 Å².